The maximum atomic E-state index is 12.6. The zero-order chi connectivity index (χ0) is 22.2. The van der Waals surface area contributed by atoms with Gasteiger partial charge in [-0.3, -0.25) is 19.3 Å². The van der Waals surface area contributed by atoms with E-state index in [1.54, 1.807) is 18.3 Å². The molecule has 1 aromatic heterocycles. The van der Waals surface area contributed by atoms with E-state index in [1.807, 2.05) is 12.1 Å². The van der Waals surface area contributed by atoms with E-state index in [0.717, 1.165) is 10.6 Å². The first-order chi connectivity index (χ1) is 14.8. The van der Waals surface area contributed by atoms with Crippen LogP contribution < -0.4 is 4.72 Å². The van der Waals surface area contributed by atoms with Gasteiger partial charge >= 0.3 is 0 Å². The minimum Gasteiger partial charge on any atom is -0.362 e. The summed E-state index contributed by atoms with van der Waals surface area (Å²) >= 11 is 5.81. The SMILES string of the molecule is CN1C(=O)[C@@H]2ON(CCNS(=O)(=O)c3ccc(Cl)cc3)C(/C=C/c3ccc[nH]3)[C@@H]2C1=O. The average molecular weight is 465 g/mol. The summed E-state index contributed by atoms with van der Waals surface area (Å²) in [5.74, 6) is -1.41. The largest absolute Gasteiger partial charge is 0.362 e. The molecule has 0 spiro atoms. The van der Waals surface area contributed by atoms with Crippen LogP contribution >= 0.6 is 11.6 Å². The van der Waals surface area contributed by atoms with E-state index in [9.17, 15) is 18.0 Å². The van der Waals surface area contributed by atoms with Crippen LogP contribution in [0, 0.1) is 5.92 Å². The van der Waals surface area contributed by atoms with E-state index >= 15 is 0 Å². The summed E-state index contributed by atoms with van der Waals surface area (Å²) in [7, 11) is -2.31. The second-order valence-corrected chi connectivity index (χ2v) is 9.46. The number of amides is 2. The van der Waals surface area contributed by atoms with Gasteiger partial charge in [0.2, 0.25) is 15.9 Å². The third-order valence-electron chi connectivity index (χ3n) is 5.31. The van der Waals surface area contributed by atoms with Crippen molar-refractivity contribution in [2.24, 2.45) is 5.92 Å². The number of aromatic amines is 1. The highest BCUT2D eigenvalue weighted by Crippen LogP contribution is 2.35. The van der Waals surface area contributed by atoms with E-state index < -0.39 is 34.0 Å². The highest BCUT2D eigenvalue weighted by Gasteiger charge is 2.57. The molecule has 2 N–H and O–H groups in total. The Kier molecular flexibility index (Phi) is 6.00. The number of likely N-dealkylation sites (tertiary alicyclic amines) is 1. The number of benzene rings is 1. The number of hydrogen-bond donors (Lipinski definition) is 2. The molecule has 2 aromatic rings. The van der Waals surface area contributed by atoms with Gasteiger partial charge in [0.15, 0.2) is 6.10 Å². The van der Waals surface area contributed by atoms with Crippen molar-refractivity contribution >= 4 is 39.5 Å². The number of imide groups is 1. The quantitative estimate of drug-likeness (QED) is 0.597. The summed E-state index contributed by atoms with van der Waals surface area (Å²) in [6.07, 6.45) is 4.45. The Bertz CT molecular complexity index is 1100. The van der Waals surface area contributed by atoms with Crippen LogP contribution in [0.2, 0.25) is 5.02 Å². The molecule has 2 aliphatic rings. The Morgan fingerprint density at radius 3 is 2.61 bits per heavy atom. The minimum absolute atomic E-state index is 0.0233. The minimum atomic E-state index is -3.74. The van der Waals surface area contributed by atoms with Gasteiger partial charge in [0.05, 0.1) is 16.9 Å². The number of carbonyl (C=O) groups is 2. The number of nitrogens with zero attached hydrogens (tertiary/aromatic N) is 2. The van der Waals surface area contributed by atoms with Crippen LogP contribution in [0.5, 0.6) is 0 Å². The third kappa shape index (κ3) is 4.30. The summed E-state index contributed by atoms with van der Waals surface area (Å²) in [4.78, 5) is 34.9. The average Bonchev–Trinajstić information content (AvgIpc) is 3.42. The van der Waals surface area contributed by atoms with Crippen LogP contribution in [0.25, 0.3) is 6.08 Å². The lowest BCUT2D eigenvalue weighted by molar-refractivity contribution is -0.173. The molecule has 31 heavy (non-hydrogen) atoms. The second-order valence-electron chi connectivity index (χ2n) is 7.25. The number of likely N-dealkylation sites (N-methyl/N-ethyl adjacent to an activating group) is 1. The molecule has 11 heteroatoms. The van der Waals surface area contributed by atoms with Crippen LogP contribution in [0.4, 0.5) is 0 Å². The molecule has 2 amide bonds. The lowest BCUT2D eigenvalue weighted by Crippen LogP contribution is -2.41. The summed E-state index contributed by atoms with van der Waals surface area (Å²) in [6, 6.07) is 9.01. The van der Waals surface area contributed by atoms with Crippen LogP contribution in [0.3, 0.4) is 0 Å². The summed E-state index contributed by atoms with van der Waals surface area (Å²) in [5.41, 5.74) is 0.831. The zero-order valence-electron chi connectivity index (χ0n) is 16.6. The van der Waals surface area contributed by atoms with Crippen molar-refractivity contribution in [2.75, 3.05) is 20.1 Å². The normalized spacial score (nSPS) is 24.5. The number of hydroxylamine groups is 2. The summed E-state index contributed by atoms with van der Waals surface area (Å²) in [5, 5.41) is 1.93. The van der Waals surface area contributed by atoms with Crippen molar-refractivity contribution in [3.8, 4) is 0 Å². The second kappa shape index (κ2) is 8.56. The molecular formula is C20H21ClN4O5S. The Hall–Kier alpha value is -2.50. The molecule has 3 atom stereocenters. The summed E-state index contributed by atoms with van der Waals surface area (Å²) < 4.78 is 27.5. The molecule has 0 bridgehead atoms. The van der Waals surface area contributed by atoms with Gasteiger partial charge in [-0.25, -0.2) is 13.1 Å². The smallest absolute Gasteiger partial charge is 0.261 e. The Morgan fingerprint density at radius 2 is 1.94 bits per heavy atom. The number of nitrogens with one attached hydrogen (secondary N) is 2. The molecule has 2 aliphatic heterocycles. The van der Waals surface area contributed by atoms with Gasteiger partial charge < -0.3 is 4.98 Å². The Morgan fingerprint density at radius 1 is 1.19 bits per heavy atom. The van der Waals surface area contributed by atoms with Gasteiger partial charge in [-0.05, 0) is 42.5 Å². The molecule has 0 radical (unpaired) electrons. The topological polar surface area (TPSA) is 112 Å². The molecule has 0 aliphatic carbocycles. The lowest BCUT2D eigenvalue weighted by Gasteiger charge is -2.23. The number of hydrogen-bond acceptors (Lipinski definition) is 6. The van der Waals surface area contributed by atoms with Gasteiger partial charge in [-0.2, -0.15) is 5.06 Å². The number of sulfonamides is 1. The molecule has 3 heterocycles. The molecular weight excluding hydrogens is 444 g/mol. The predicted molar refractivity (Wildman–Crippen MR) is 113 cm³/mol. The van der Waals surface area contributed by atoms with Crippen molar-refractivity contribution in [3.63, 3.8) is 0 Å². The maximum Gasteiger partial charge on any atom is 0.261 e. The van der Waals surface area contributed by atoms with Gasteiger partial charge in [0.25, 0.3) is 5.91 Å². The third-order valence-corrected chi connectivity index (χ3v) is 7.04. The first-order valence-corrected chi connectivity index (χ1v) is 11.5. The molecule has 1 unspecified atom stereocenters. The van der Waals surface area contributed by atoms with Gasteiger partial charge in [0, 0.05) is 37.1 Å². The van der Waals surface area contributed by atoms with Crippen molar-refractivity contribution in [2.45, 2.75) is 17.0 Å². The predicted octanol–water partition coefficient (Wildman–Crippen LogP) is 1.26. The van der Waals surface area contributed by atoms with Crippen molar-refractivity contribution in [3.05, 3.63) is 59.4 Å². The fourth-order valence-corrected chi connectivity index (χ4v) is 4.84. The highest BCUT2D eigenvalue weighted by atomic mass is 35.5. The zero-order valence-corrected chi connectivity index (χ0v) is 18.1. The van der Waals surface area contributed by atoms with Crippen molar-refractivity contribution in [1.82, 2.24) is 19.7 Å². The Labute approximate surface area is 184 Å². The first-order valence-electron chi connectivity index (χ1n) is 9.59. The maximum absolute atomic E-state index is 12.6. The highest BCUT2D eigenvalue weighted by molar-refractivity contribution is 7.89. The Balaban J connectivity index is 1.47. The first kappa shape index (κ1) is 21.7. The number of carbonyl (C=O) groups excluding carboxylic acids is 2. The van der Waals surface area contributed by atoms with Gasteiger partial charge in [-0.1, -0.05) is 17.7 Å². The summed E-state index contributed by atoms with van der Waals surface area (Å²) in [6.45, 7) is 0.166. The number of fused-ring (bicyclic) bond motifs is 1. The number of aromatic nitrogens is 1. The van der Waals surface area contributed by atoms with E-state index in [0.29, 0.717) is 5.02 Å². The van der Waals surface area contributed by atoms with Crippen LogP contribution in [0.15, 0.2) is 53.6 Å². The van der Waals surface area contributed by atoms with Crippen molar-refractivity contribution in [1.29, 1.82) is 0 Å². The number of rotatable bonds is 7. The lowest BCUT2D eigenvalue weighted by atomic mass is 9.96. The van der Waals surface area contributed by atoms with E-state index in [4.69, 9.17) is 16.4 Å². The van der Waals surface area contributed by atoms with E-state index in [1.165, 1.54) is 36.4 Å². The molecule has 9 nitrogen and oxygen atoms in total. The molecule has 164 valence electrons. The van der Waals surface area contributed by atoms with Crippen LogP contribution in [0.1, 0.15) is 5.69 Å². The van der Waals surface area contributed by atoms with Crippen molar-refractivity contribution < 1.29 is 22.8 Å². The van der Waals surface area contributed by atoms with Crippen LogP contribution in [-0.4, -0.2) is 67.5 Å². The van der Waals surface area contributed by atoms with E-state index in [2.05, 4.69) is 9.71 Å². The molecule has 2 saturated heterocycles. The molecule has 4 rings (SSSR count). The fraction of sp³-hybridized carbons (Fsp3) is 0.300. The van der Waals surface area contributed by atoms with Gasteiger partial charge in [0.1, 0.15) is 0 Å². The molecule has 0 saturated carbocycles. The molecule has 1 aromatic carbocycles. The van der Waals surface area contributed by atoms with E-state index in [-0.39, 0.29) is 23.9 Å². The monoisotopic (exact) mass is 464 g/mol. The standard InChI is InChI=1S/C20H21ClN4O5S/c1-24-19(26)17-16(9-6-14-3-2-10-22-14)25(30-18(17)20(24)27)12-11-23-31(28,29)15-7-4-13(21)5-8-15/h2-10,16-18,22-23H,11-12H2,1H3/b9-6+/t16?,17-,18+/m0/s1. The molecule has 2 fully saturated rings. The number of halogens is 1. The fourth-order valence-electron chi connectivity index (χ4n) is 3.69. The number of H-pyrrole nitrogens is 1. The van der Waals surface area contributed by atoms with Gasteiger partial charge in [-0.15, -0.1) is 0 Å². The van der Waals surface area contributed by atoms with Crippen LogP contribution in [-0.2, 0) is 24.4 Å².